The standard InChI is InChI=1S/C12H24N2O/c1-9(2)7-12(15)14-6-5-13-8-11(14)10(3)4/h9-11,13H,5-8H2,1-4H3. The van der Waals surface area contributed by atoms with Gasteiger partial charge in [0.15, 0.2) is 0 Å². The summed E-state index contributed by atoms with van der Waals surface area (Å²) in [6.07, 6.45) is 0.684. The van der Waals surface area contributed by atoms with Crippen molar-refractivity contribution in [3.05, 3.63) is 0 Å². The Morgan fingerprint density at radius 3 is 2.60 bits per heavy atom. The summed E-state index contributed by atoms with van der Waals surface area (Å²) in [5.74, 6) is 1.32. The van der Waals surface area contributed by atoms with Crippen molar-refractivity contribution in [3.8, 4) is 0 Å². The second-order valence-electron chi connectivity index (χ2n) is 5.20. The molecule has 0 aromatic rings. The van der Waals surface area contributed by atoms with E-state index < -0.39 is 0 Å². The van der Waals surface area contributed by atoms with Crippen LogP contribution in [0.2, 0.25) is 0 Å². The molecule has 1 aliphatic heterocycles. The molecule has 0 aromatic heterocycles. The highest BCUT2D eigenvalue weighted by Gasteiger charge is 2.28. The number of carbonyl (C=O) groups is 1. The number of hydrogen-bond donors (Lipinski definition) is 1. The van der Waals surface area contributed by atoms with Crippen LogP contribution in [0, 0.1) is 11.8 Å². The highest BCUT2D eigenvalue weighted by Crippen LogP contribution is 2.15. The zero-order valence-electron chi connectivity index (χ0n) is 10.4. The van der Waals surface area contributed by atoms with Gasteiger partial charge in [0.2, 0.25) is 5.91 Å². The van der Waals surface area contributed by atoms with Crippen LogP contribution in [0.25, 0.3) is 0 Å². The Kier molecular flexibility index (Phi) is 4.58. The molecule has 15 heavy (non-hydrogen) atoms. The van der Waals surface area contributed by atoms with Crippen LogP contribution in [0.15, 0.2) is 0 Å². The van der Waals surface area contributed by atoms with Crippen molar-refractivity contribution in [2.45, 2.75) is 40.2 Å². The average molecular weight is 212 g/mol. The molecular weight excluding hydrogens is 188 g/mol. The van der Waals surface area contributed by atoms with Crippen LogP contribution in [0.1, 0.15) is 34.1 Å². The predicted octanol–water partition coefficient (Wildman–Crippen LogP) is 1.49. The van der Waals surface area contributed by atoms with Gasteiger partial charge in [-0.15, -0.1) is 0 Å². The predicted molar refractivity (Wildman–Crippen MR) is 62.7 cm³/mol. The third-order valence-corrected chi connectivity index (χ3v) is 2.96. The van der Waals surface area contributed by atoms with Gasteiger partial charge in [0.1, 0.15) is 0 Å². The van der Waals surface area contributed by atoms with Crippen LogP contribution < -0.4 is 5.32 Å². The van der Waals surface area contributed by atoms with E-state index in [0.29, 0.717) is 30.2 Å². The molecule has 0 radical (unpaired) electrons. The lowest BCUT2D eigenvalue weighted by Gasteiger charge is -2.39. The second-order valence-corrected chi connectivity index (χ2v) is 5.20. The van der Waals surface area contributed by atoms with Crippen LogP contribution in [-0.4, -0.2) is 36.5 Å². The quantitative estimate of drug-likeness (QED) is 0.768. The highest BCUT2D eigenvalue weighted by molar-refractivity contribution is 5.76. The molecule has 1 amide bonds. The molecule has 1 fully saturated rings. The molecule has 3 nitrogen and oxygen atoms in total. The minimum absolute atomic E-state index is 0.324. The Bertz CT molecular complexity index is 214. The fourth-order valence-corrected chi connectivity index (χ4v) is 2.10. The second kappa shape index (κ2) is 5.50. The monoisotopic (exact) mass is 212 g/mol. The molecule has 1 N–H and O–H groups in total. The van der Waals surface area contributed by atoms with Crippen molar-refractivity contribution in [3.63, 3.8) is 0 Å². The van der Waals surface area contributed by atoms with Gasteiger partial charge in [-0.1, -0.05) is 27.7 Å². The number of nitrogens with one attached hydrogen (secondary N) is 1. The van der Waals surface area contributed by atoms with Crippen LogP contribution in [0.4, 0.5) is 0 Å². The Labute approximate surface area is 93.2 Å². The smallest absolute Gasteiger partial charge is 0.223 e. The van der Waals surface area contributed by atoms with Crippen molar-refractivity contribution in [2.24, 2.45) is 11.8 Å². The molecule has 0 aliphatic carbocycles. The SMILES string of the molecule is CC(C)CC(=O)N1CCNCC1C(C)C. The molecule has 0 bridgehead atoms. The molecule has 0 saturated carbocycles. The van der Waals surface area contributed by atoms with E-state index in [-0.39, 0.29) is 0 Å². The van der Waals surface area contributed by atoms with Crippen LogP contribution >= 0.6 is 0 Å². The number of nitrogens with zero attached hydrogens (tertiary/aromatic N) is 1. The molecular formula is C12H24N2O. The van der Waals surface area contributed by atoms with E-state index in [1.54, 1.807) is 0 Å². The third kappa shape index (κ3) is 3.49. The molecule has 1 unspecified atom stereocenters. The van der Waals surface area contributed by atoms with Crippen LogP contribution in [0.5, 0.6) is 0 Å². The van der Waals surface area contributed by atoms with Crippen molar-refractivity contribution < 1.29 is 4.79 Å². The maximum absolute atomic E-state index is 12.0. The Morgan fingerprint density at radius 2 is 2.07 bits per heavy atom. The summed E-state index contributed by atoms with van der Waals surface area (Å²) in [6, 6.07) is 0.380. The number of carbonyl (C=O) groups excluding carboxylic acids is 1. The van der Waals surface area contributed by atoms with E-state index in [9.17, 15) is 4.79 Å². The topological polar surface area (TPSA) is 32.3 Å². The van der Waals surface area contributed by atoms with Crippen molar-refractivity contribution in [1.82, 2.24) is 10.2 Å². The number of piperazine rings is 1. The van der Waals surface area contributed by atoms with Gasteiger partial charge in [0, 0.05) is 32.1 Å². The summed E-state index contributed by atoms with van der Waals surface area (Å²) >= 11 is 0. The molecule has 1 heterocycles. The van der Waals surface area contributed by atoms with E-state index in [1.165, 1.54) is 0 Å². The maximum Gasteiger partial charge on any atom is 0.223 e. The third-order valence-electron chi connectivity index (χ3n) is 2.96. The van der Waals surface area contributed by atoms with Crippen LogP contribution in [-0.2, 0) is 4.79 Å². The lowest BCUT2D eigenvalue weighted by Crippen LogP contribution is -2.55. The Hall–Kier alpha value is -0.570. The maximum atomic E-state index is 12.0. The van der Waals surface area contributed by atoms with Crippen molar-refractivity contribution in [2.75, 3.05) is 19.6 Å². The normalized spacial score (nSPS) is 22.5. The number of hydrogen-bond acceptors (Lipinski definition) is 2. The lowest BCUT2D eigenvalue weighted by atomic mass is 9.99. The van der Waals surface area contributed by atoms with E-state index in [4.69, 9.17) is 0 Å². The first-order chi connectivity index (χ1) is 7.02. The first kappa shape index (κ1) is 12.5. The first-order valence-corrected chi connectivity index (χ1v) is 6.02. The van der Waals surface area contributed by atoms with E-state index in [2.05, 4.69) is 37.9 Å². The molecule has 1 saturated heterocycles. The zero-order valence-corrected chi connectivity index (χ0v) is 10.4. The van der Waals surface area contributed by atoms with Gasteiger partial charge < -0.3 is 10.2 Å². The molecule has 1 aliphatic rings. The highest BCUT2D eigenvalue weighted by atomic mass is 16.2. The molecule has 0 spiro atoms. The fraction of sp³-hybridized carbons (Fsp3) is 0.917. The molecule has 1 rings (SSSR count). The molecule has 0 aromatic carbocycles. The molecule has 88 valence electrons. The minimum Gasteiger partial charge on any atom is -0.337 e. The minimum atomic E-state index is 0.324. The molecule has 3 heteroatoms. The van der Waals surface area contributed by atoms with E-state index in [1.807, 2.05) is 0 Å². The first-order valence-electron chi connectivity index (χ1n) is 6.02. The Balaban J connectivity index is 2.59. The summed E-state index contributed by atoms with van der Waals surface area (Å²) in [6.45, 7) is 11.3. The largest absolute Gasteiger partial charge is 0.337 e. The van der Waals surface area contributed by atoms with E-state index >= 15 is 0 Å². The summed E-state index contributed by atoms with van der Waals surface area (Å²) in [7, 11) is 0. The van der Waals surface area contributed by atoms with Crippen molar-refractivity contribution >= 4 is 5.91 Å². The molecule has 1 atom stereocenters. The van der Waals surface area contributed by atoms with Gasteiger partial charge in [-0.05, 0) is 11.8 Å². The van der Waals surface area contributed by atoms with Gasteiger partial charge in [-0.25, -0.2) is 0 Å². The van der Waals surface area contributed by atoms with Crippen LogP contribution in [0.3, 0.4) is 0 Å². The summed E-state index contributed by atoms with van der Waals surface area (Å²) in [4.78, 5) is 14.1. The van der Waals surface area contributed by atoms with Crippen molar-refractivity contribution in [1.29, 1.82) is 0 Å². The van der Waals surface area contributed by atoms with Gasteiger partial charge in [0.25, 0.3) is 0 Å². The fourth-order valence-electron chi connectivity index (χ4n) is 2.10. The number of rotatable bonds is 3. The summed E-state index contributed by atoms with van der Waals surface area (Å²) in [5, 5.41) is 3.36. The van der Waals surface area contributed by atoms with Gasteiger partial charge in [0.05, 0.1) is 0 Å². The van der Waals surface area contributed by atoms with Gasteiger partial charge in [-0.3, -0.25) is 4.79 Å². The van der Waals surface area contributed by atoms with Gasteiger partial charge >= 0.3 is 0 Å². The van der Waals surface area contributed by atoms with E-state index in [0.717, 1.165) is 19.6 Å². The number of amides is 1. The summed E-state index contributed by atoms with van der Waals surface area (Å²) in [5.41, 5.74) is 0. The Morgan fingerprint density at radius 1 is 1.40 bits per heavy atom. The lowest BCUT2D eigenvalue weighted by molar-refractivity contribution is -0.136. The zero-order chi connectivity index (χ0) is 11.4. The average Bonchev–Trinajstić information content (AvgIpc) is 2.16. The summed E-state index contributed by atoms with van der Waals surface area (Å²) < 4.78 is 0. The van der Waals surface area contributed by atoms with Gasteiger partial charge in [-0.2, -0.15) is 0 Å².